The minimum atomic E-state index is 0.143. The molecule has 0 aromatic carbocycles. The second-order valence-corrected chi connectivity index (χ2v) is 8.48. The van der Waals surface area contributed by atoms with Crippen molar-refractivity contribution in [2.75, 3.05) is 33.2 Å². The van der Waals surface area contributed by atoms with Crippen molar-refractivity contribution in [3.05, 3.63) is 21.3 Å². The topological polar surface area (TPSA) is 32.5 Å². The van der Waals surface area contributed by atoms with Gasteiger partial charge in [0.15, 0.2) is 0 Å². The highest BCUT2D eigenvalue weighted by Gasteiger charge is 2.37. The minimum absolute atomic E-state index is 0.143. The third-order valence-electron chi connectivity index (χ3n) is 4.62. The van der Waals surface area contributed by atoms with Gasteiger partial charge in [-0.05, 0) is 51.0 Å². The summed E-state index contributed by atoms with van der Waals surface area (Å²) in [6.45, 7) is 9.77. The molecule has 0 bridgehead atoms. The van der Waals surface area contributed by atoms with E-state index in [2.05, 4.69) is 36.8 Å². The molecule has 0 saturated carbocycles. The number of hydrogen-bond acceptors (Lipinski definition) is 4. The van der Waals surface area contributed by atoms with E-state index in [-0.39, 0.29) is 5.54 Å². The highest BCUT2D eigenvalue weighted by Crippen LogP contribution is 2.31. The number of likely N-dealkylation sites (tertiary alicyclic amines) is 1. The summed E-state index contributed by atoms with van der Waals surface area (Å²) >= 11 is 7.71. The number of likely N-dealkylation sites (N-methyl/N-ethyl adjacent to an activating group) is 1. The van der Waals surface area contributed by atoms with Gasteiger partial charge in [0.1, 0.15) is 0 Å². The predicted octanol–water partition coefficient (Wildman–Crippen LogP) is 3.28. The third-order valence-corrected chi connectivity index (χ3v) is 5.84. The summed E-state index contributed by atoms with van der Waals surface area (Å²) in [6, 6.07) is 4.11. The molecule has 1 aromatic rings. The van der Waals surface area contributed by atoms with Gasteiger partial charge in [-0.1, -0.05) is 25.4 Å². The smallest absolute Gasteiger partial charge is 0.0931 e. The van der Waals surface area contributed by atoms with Crippen molar-refractivity contribution < 1.29 is 0 Å². The molecule has 1 aliphatic rings. The molecule has 1 fully saturated rings. The highest BCUT2D eigenvalue weighted by atomic mass is 35.5. The largest absolute Gasteiger partial charge is 0.329 e. The van der Waals surface area contributed by atoms with Gasteiger partial charge in [0.25, 0.3) is 0 Å². The van der Waals surface area contributed by atoms with Gasteiger partial charge in [0.2, 0.25) is 0 Å². The van der Waals surface area contributed by atoms with Crippen LogP contribution in [0, 0.1) is 5.92 Å². The number of hydrogen-bond donors (Lipinski definition) is 1. The molecular weight excluding hydrogens is 302 g/mol. The normalized spacial score (nSPS) is 19.6. The van der Waals surface area contributed by atoms with E-state index in [1.54, 1.807) is 11.3 Å². The zero-order chi connectivity index (χ0) is 15.5. The fourth-order valence-electron chi connectivity index (χ4n) is 3.25. The first-order valence-corrected chi connectivity index (χ1v) is 9.02. The van der Waals surface area contributed by atoms with Gasteiger partial charge in [-0.3, -0.25) is 4.90 Å². The number of rotatable bonds is 6. The first-order valence-electron chi connectivity index (χ1n) is 7.83. The van der Waals surface area contributed by atoms with Crippen LogP contribution in [0.1, 0.15) is 31.6 Å². The second-order valence-electron chi connectivity index (χ2n) is 6.68. The summed E-state index contributed by atoms with van der Waals surface area (Å²) in [5, 5.41) is 0. The SMILES string of the molecule is CC(C)CN1CCC(CN)(N(C)Cc2ccc(Cl)s2)CC1. The Bertz CT molecular complexity index is 438. The molecule has 0 atom stereocenters. The van der Waals surface area contributed by atoms with Crippen LogP contribution < -0.4 is 5.73 Å². The Morgan fingerprint density at radius 3 is 2.52 bits per heavy atom. The lowest BCUT2D eigenvalue weighted by atomic mass is 9.85. The maximum absolute atomic E-state index is 6.16. The summed E-state index contributed by atoms with van der Waals surface area (Å²) in [4.78, 5) is 6.34. The van der Waals surface area contributed by atoms with Crippen molar-refractivity contribution in [3.63, 3.8) is 0 Å². The van der Waals surface area contributed by atoms with Crippen molar-refractivity contribution in [2.45, 2.75) is 38.8 Å². The first-order chi connectivity index (χ1) is 9.95. The standard InChI is InChI=1S/C16H28ClN3S/c1-13(2)10-20-8-6-16(12-18,7-9-20)19(3)11-14-4-5-15(17)21-14/h4-5,13H,6-12,18H2,1-3H3. The molecule has 2 rings (SSSR count). The van der Waals surface area contributed by atoms with Crippen LogP contribution in [0.3, 0.4) is 0 Å². The van der Waals surface area contributed by atoms with E-state index in [4.69, 9.17) is 17.3 Å². The van der Waals surface area contributed by atoms with Crippen LogP contribution in [-0.4, -0.2) is 48.6 Å². The lowest BCUT2D eigenvalue weighted by Crippen LogP contribution is -2.58. The Morgan fingerprint density at radius 1 is 1.38 bits per heavy atom. The monoisotopic (exact) mass is 329 g/mol. The first kappa shape index (κ1) is 17.2. The number of piperidine rings is 1. The van der Waals surface area contributed by atoms with Crippen LogP contribution >= 0.6 is 22.9 Å². The molecule has 1 aromatic heterocycles. The van der Waals surface area contributed by atoms with Crippen molar-refractivity contribution in [2.24, 2.45) is 11.7 Å². The molecule has 0 aliphatic carbocycles. The molecular formula is C16H28ClN3S. The van der Waals surface area contributed by atoms with E-state index in [0.717, 1.165) is 49.3 Å². The summed E-state index contributed by atoms with van der Waals surface area (Å²) in [6.07, 6.45) is 2.32. The van der Waals surface area contributed by atoms with Crippen molar-refractivity contribution >= 4 is 22.9 Å². The van der Waals surface area contributed by atoms with Crippen LogP contribution in [0.5, 0.6) is 0 Å². The van der Waals surface area contributed by atoms with Crippen molar-refractivity contribution in [1.29, 1.82) is 0 Å². The maximum Gasteiger partial charge on any atom is 0.0931 e. The lowest BCUT2D eigenvalue weighted by molar-refractivity contribution is 0.0370. The van der Waals surface area contributed by atoms with Crippen LogP contribution in [0.25, 0.3) is 0 Å². The molecule has 1 saturated heterocycles. The van der Waals surface area contributed by atoms with Gasteiger partial charge in [-0.2, -0.15) is 0 Å². The molecule has 0 amide bonds. The van der Waals surface area contributed by atoms with Crippen molar-refractivity contribution in [3.8, 4) is 0 Å². The molecule has 2 heterocycles. The molecule has 1 aliphatic heterocycles. The minimum Gasteiger partial charge on any atom is -0.329 e. The molecule has 5 heteroatoms. The van der Waals surface area contributed by atoms with Gasteiger partial charge in [-0.15, -0.1) is 11.3 Å². The van der Waals surface area contributed by atoms with Gasteiger partial charge in [0.05, 0.1) is 4.34 Å². The van der Waals surface area contributed by atoms with Crippen LogP contribution in [0.15, 0.2) is 12.1 Å². The van der Waals surface area contributed by atoms with Crippen molar-refractivity contribution in [1.82, 2.24) is 9.80 Å². The second kappa shape index (κ2) is 7.42. The van der Waals surface area contributed by atoms with E-state index < -0.39 is 0 Å². The number of halogens is 1. The fourth-order valence-corrected chi connectivity index (χ4v) is 4.39. The summed E-state index contributed by atoms with van der Waals surface area (Å²) in [5.41, 5.74) is 6.30. The average molecular weight is 330 g/mol. The predicted molar refractivity (Wildman–Crippen MR) is 93.1 cm³/mol. The number of nitrogens with two attached hydrogens (primary N) is 1. The third kappa shape index (κ3) is 4.42. The highest BCUT2D eigenvalue weighted by molar-refractivity contribution is 7.16. The molecule has 0 radical (unpaired) electrons. The van der Waals surface area contributed by atoms with E-state index >= 15 is 0 Å². The van der Waals surface area contributed by atoms with Gasteiger partial charge >= 0.3 is 0 Å². The van der Waals surface area contributed by atoms with E-state index in [0.29, 0.717) is 0 Å². The van der Waals surface area contributed by atoms with Crippen LogP contribution in [-0.2, 0) is 6.54 Å². The number of thiophene rings is 1. The Labute approximate surface area is 138 Å². The van der Waals surface area contributed by atoms with Crippen LogP contribution in [0.2, 0.25) is 4.34 Å². The van der Waals surface area contributed by atoms with Gasteiger partial charge in [-0.25, -0.2) is 0 Å². The fraction of sp³-hybridized carbons (Fsp3) is 0.750. The lowest BCUT2D eigenvalue weighted by Gasteiger charge is -2.47. The summed E-state index contributed by atoms with van der Waals surface area (Å²) in [5.74, 6) is 0.737. The molecule has 3 nitrogen and oxygen atoms in total. The van der Waals surface area contributed by atoms with E-state index in [1.807, 2.05) is 6.07 Å². The Balaban J connectivity index is 1.95. The zero-order valence-corrected chi connectivity index (χ0v) is 15.0. The number of nitrogens with zero attached hydrogens (tertiary/aromatic N) is 2. The zero-order valence-electron chi connectivity index (χ0n) is 13.4. The average Bonchev–Trinajstić information content (AvgIpc) is 2.84. The van der Waals surface area contributed by atoms with Crippen LogP contribution in [0.4, 0.5) is 0 Å². The Hall–Kier alpha value is -0.130. The van der Waals surface area contributed by atoms with E-state index in [1.165, 1.54) is 11.4 Å². The molecule has 0 unspecified atom stereocenters. The van der Waals surface area contributed by atoms with Gasteiger partial charge < -0.3 is 10.6 Å². The molecule has 21 heavy (non-hydrogen) atoms. The Morgan fingerprint density at radius 2 is 2.05 bits per heavy atom. The molecule has 2 N–H and O–H groups in total. The summed E-state index contributed by atoms with van der Waals surface area (Å²) in [7, 11) is 2.21. The molecule has 0 spiro atoms. The maximum atomic E-state index is 6.16. The van der Waals surface area contributed by atoms with Gasteiger partial charge in [0, 0.05) is 30.1 Å². The van der Waals surface area contributed by atoms with E-state index in [9.17, 15) is 0 Å². The Kier molecular flexibility index (Phi) is 6.09. The summed E-state index contributed by atoms with van der Waals surface area (Å²) < 4.78 is 0.868. The quantitative estimate of drug-likeness (QED) is 0.869. The molecule has 120 valence electrons.